The zero-order valence-corrected chi connectivity index (χ0v) is 21.3. The molecule has 1 fully saturated rings. The molecule has 2 amide bonds. The van der Waals surface area contributed by atoms with Crippen molar-refractivity contribution in [2.45, 2.75) is 57.8 Å². The van der Waals surface area contributed by atoms with Gasteiger partial charge in [0.05, 0.1) is 17.6 Å². The first-order valence-corrected chi connectivity index (χ1v) is 13.0. The zero-order valence-electron chi connectivity index (χ0n) is 21.3. The number of hydrogen-bond donors (Lipinski definition) is 0. The van der Waals surface area contributed by atoms with Gasteiger partial charge in [-0.1, -0.05) is 67.8 Å². The van der Waals surface area contributed by atoms with Crippen LogP contribution in [0.5, 0.6) is 0 Å². The number of benzene rings is 2. The molecule has 1 saturated carbocycles. The summed E-state index contributed by atoms with van der Waals surface area (Å²) in [5, 5.41) is 0. The van der Waals surface area contributed by atoms with Crippen LogP contribution >= 0.6 is 0 Å². The number of pyridine rings is 1. The highest BCUT2D eigenvalue weighted by Crippen LogP contribution is 2.26. The van der Waals surface area contributed by atoms with Gasteiger partial charge in [0.1, 0.15) is 18.1 Å². The fraction of sp³-hybridized carbons (Fsp3) is 0.333. The number of amides is 2. The second-order valence-corrected chi connectivity index (χ2v) is 9.78. The highest BCUT2D eigenvalue weighted by molar-refractivity contribution is 5.92. The van der Waals surface area contributed by atoms with E-state index in [4.69, 9.17) is 4.98 Å². The van der Waals surface area contributed by atoms with Crippen molar-refractivity contribution < 1.29 is 9.59 Å². The van der Waals surface area contributed by atoms with Crippen LogP contribution in [0.15, 0.2) is 79.0 Å². The Morgan fingerprint density at radius 2 is 1.62 bits per heavy atom. The Hall–Kier alpha value is -4.00. The molecule has 2 aromatic heterocycles. The average Bonchev–Trinajstić information content (AvgIpc) is 3.29. The first-order chi connectivity index (χ1) is 18.1. The van der Waals surface area contributed by atoms with Gasteiger partial charge in [0.2, 0.25) is 5.91 Å². The van der Waals surface area contributed by atoms with Gasteiger partial charge >= 0.3 is 0 Å². The number of carbonyl (C=O) groups excluding carboxylic acids is 2. The van der Waals surface area contributed by atoms with Crippen LogP contribution in [0, 0.1) is 0 Å². The third kappa shape index (κ3) is 5.71. The molecule has 2 aromatic carbocycles. The third-order valence-electron chi connectivity index (χ3n) is 7.17. The molecular formula is C30H33N5O2. The maximum Gasteiger partial charge on any atom is 0.272 e. The van der Waals surface area contributed by atoms with E-state index in [-0.39, 0.29) is 30.9 Å². The Labute approximate surface area is 217 Å². The fourth-order valence-corrected chi connectivity index (χ4v) is 5.21. The van der Waals surface area contributed by atoms with Gasteiger partial charge in [-0.3, -0.25) is 14.6 Å². The van der Waals surface area contributed by atoms with Crippen LogP contribution < -0.4 is 0 Å². The Bertz CT molecular complexity index is 1350. The molecule has 0 aliphatic heterocycles. The lowest BCUT2D eigenvalue weighted by atomic mass is 9.93. The highest BCUT2D eigenvalue weighted by Gasteiger charge is 2.27. The third-order valence-corrected chi connectivity index (χ3v) is 7.17. The fourth-order valence-electron chi connectivity index (χ4n) is 5.21. The van der Waals surface area contributed by atoms with E-state index < -0.39 is 0 Å². The Morgan fingerprint density at radius 3 is 2.38 bits per heavy atom. The molecule has 0 N–H and O–H groups in total. The van der Waals surface area contributed by atoms with Crippen LogP contribution in [0.4, 0.5) is 0 Å². The van der Waals surface area contributed by atoms with Crippen molar-refractivity contribution in [3.05, 3.63) is 96.1 Å². The van der Waals surface area contributed by atoms with E-state index in [1.165, 1.54) is 6.42 Å². The number of rotatable bonds is 8. The van der Waals surface area contributed by atoms with Crippen molar-refractivity contribution in [1.82, 2.24) is 24.3 Å². The second kappa shape index (κ2) is 11.4. The van der Waals surface area contributed by atoms with Gasteiger partial charge in [-0.2, -0.15) is 0 Å². The van der Waals surface area contributed by atoms with Gasteiger partial charge in [0.25, 0.3) is 5.91 Å². The summed E-state index contributed by atoms with van der Waals surface area (Å²) in [6.07, 6.45) is 7.24. The lowest BCUT2D eigenvalue weighted by Gasteiger charge is -2.35. The summed E-state index contributed by atoms with van der Waals surface area (Å²) in [4.78, 5) is 39.6. The van der Waals surface area contributed by atoms with Crippen LogP contribution in [0.1, 0.15) is 54.0 Å². The van der Waals surface area contributed by atoms with E-state index in [0.29, 0.717) is 18.1 Å². The van der Waals surface area contributed by atoms with Crippen molar-refractivity contribution >= 4 is 22.8 Å². The summed E-state index contributed by atoms with van der Waals surface area (Å²) in [5.41, 5.74) is 3.23. The van der Waals surface area contributed by atoms with E-state index >= 15 is 0 Å². The molecule has 0 atom stereocenters. The summed E-state index contributed by atoms with van der Waals surface area (Å²) >= 11 is 0. The number of carbonyl (C=O) groups is 2. The van der Waals surface area contributed by atoms with Crippen LogP contribution in [-0.4, -0.2) is 49.2 Å². The minimum atomic E-state index is -0.182. The summed E-state index contributed by atoms with van der Waals surface area (Å²) in [6, 6.07) is 23.6. The van der Waals surface area contributed by atoms with Gasteiger partial charge in [-0.25, -0.2) is 4.98 Å². The molecule has 7 nitrogen and oxygen atoms in total. The maximum atomic E-state index is 13.9. The lowest BCUT2D eigenvalue weighted by Crippen LogP contribution is -2.42. The predicted octanol–water partition coefficient (Wildman–Crippen LogP) is 5.07. The van der Waals surface area contributed by atoms with Crippen molar-refractivity contribution in [3.63, 3.8) is 0 Å². The monoisotopic (exact) mass is 495 g/mol. The quantitative estimate of drug-likeness (QED) is 0.342. The highest BCUT2D eigenvalue weighted by atomic mass is 16.2. The Morgan fingerprint density at radius 1 is 0.892 bits per heavy atom. The largest absolute Gasteiger partial charge is 0.334 e. The molecule has 0 radical (unpaired) electrons. The normalized spacial score (nSPS) is 14.0. The molecule has 190 valence electrons. The molecule has 0 spiro atoms. The van der Waals surface area contributed by atoms with Gasteiger partial charge in [-0.05, 0) is 42.7 Å². The number of nitrogens with zero attached hydrogens (tertiary/aromatic N) is 5. The molecule has 0 unspecified atom stereocenters. The van der Waals surface area contributed by atoms with E-state index in [9.17, 15) is 9.59 Å². The van der Waals surface area contributed by atoms with E-state index in [1.54, 1.807) is 36.3 Å². The van der Waals surface area contributed by atoms with Gasteiger partial charge < -0.3 is 14.4 Å². The average molecular weight is 496 g/mol. The molecular weight excluding hydrogens is 462 g/mol. The van der Waals surface area contributed by atoms with Crippen molar-refractivity contribution in [1.29, 1.82) is 0 Å². The van der Waals surface area contributed by atoms with Crippen LogP contribution in [0.2, 0.25) is 0 Å². The molecule has 4 aromatic rings. The Kier molecular flexibility index (Phi) is 7.59. The number of para-hydroxylation sites is 2. The zero-order chi connectivity index (χ0) is 25.6. The number of imidazole rings is 1. The molecule has 5 rings (SSSR count). The summed E-state index contributed by atoms with van der Waals surface area (Å²) < 4.78 is 1.97. The Balaban J connectivity index is 1.42. The van der Waals surface area contributed by atoms with Crippen LogP contribution in [-0.2, 0) is 24.4 Å². The molecule has 7 heteroatoms. The number of fused-ring (bicyclic) bond motifs is 1. The predicted molar refractivity (Wildman–Crippen MR) is 144 cm³/mol. The lowest BCUT2D eigenvalue weighted by molar-refractivity contribution is -0.135. The standard InChI is InChI=1S/C30H33N5O2/c1-33(30(37)26-17-10-11-19-31-26)21-28-32-25-16-8-9-18-27(25)35(28)22-29(36)34(24-14-6-3-7-15-24)20-23-12-4-2-5-13-23/h2,4-5,8-13,16-19,24H,3,6-7,14-15,20-22H2,1H3. The second-order valence-electron chi connectivity index (χ2n) is 9.78. The van der Waals surface area contributed by atoms with Crippen LogP contribution in [0.3, 0.4) is 0 Å². The van der Waals surface area contributed by atoms with Gasteiger partial charge in [0.15, 0.2) is 0 Å². The minimum Gasteiger partial charge on any atom is -0.334 e. The molecule has 1 aliphatic carbocycles. The van der Waals surface area contributed by atoms with Crippen LogP contribution in [0.25, 0.3) is 11.0 Å². The summed E-state index contributed by atoms with van der Waals surface area (Å²) in [5.74, 6) is 0.585. The van der Waals surface area contributed by atoms with Crippen molar-refractivity contribution in [2.24, 2.45) is 0 Å². The first kappa shape index (κ1) is 24.7. The molecule has 0 saturated heterocycles. The van der Waals surface area contributed by atoms with E-state index in [0.717, 1.165) is 42.3 Å². The topological polar surface area (TPSA) is 71.3 Å². The maximum absolute atomic E-state index is 13.9. The smallest absolute Gasteiger partial charge is 0.272 e. The SMILES string of the molecule is CN(Cc1nc2ccccc2n1CC(=O)N(Cc1ccccc1)C1CCCCC1)C(=O)c1ccccn1. The first-order valence-electron chi connectivity index (χ1n) is 13.0. The van der Waals surface area contributed by atoms with Crippen molar-refractivity contribution in [2.75, 3.05) is 7.05 Å². The van der Waals surface area contributed by atoms with E-state index in [2.05, 4.69) is 22.0 Å². The number of aromatic nitrogens is 3. The number of hydrogen-bond acceptors (Lipinski definition) is 4. The van der Waals surface area contributed by atoms with E-state index in [1.807, 2.05) is 47.0 Å². The molecule has 0 bridgehead atoms. The minimum absolute atomic E-state index is 0.0823. The molecule has 2 heterocycles. The van der Waals surface area contributed by atoms with Gasteiger partial charge in [-0.15, -0.1) is 0 Å². The molecule has 37 heavy (non-hydrogen) atoms. The summed E-state index contributed by atoms with van der Waals surface area (Å²) in [6.45, 7) is 1.06. The summed E-state index contributed by atoms with van der Waals surface area (Å²) in [7, 11) is 1.74. The van der Waals surface area contributed by atoms with Crippen molar-refractivity contribution in [3.8, 4) is 0 Å². The molecule has 1 aliphatic rings. The van der Waals surface area contributed by atoms with Gasteiger partial charge in [0, 0.05) is 25.8 Å².